The highest BCUT2D eigenvalue weighted by atomic mass is 32.2. The molecule has 0 radical (unpaired) electrons. The van der Waals surface area contributed by atoms with Gasteiger partial charge in [-0.15, -0.1) is 11.3 Å². The van der Waals surface area contributed by atoms with Crippen molar-refractivity contribution < 1.29 is 8.42 Å². The first-order chi connectivity index (χ1) is 10.1. The van der Waals surface area contributed by atoms with Gasteiger partial charge in [-0.25, -0.2) is 0 Å². The summed E-state index contributed by atoms with van der Waals surface area (Å²) in [6.45, 7) is 2.40. The molecule has 1 saturated heterocycles. The molecule has 0 amide bonds. The summed E-state index contributed by atoms with van der Waals surface area (Å²) in [6.07, 6.45) is 3.74. The van der Waals surface area contributed by atoms with Crippen LogP contribution in [0.2, 0.25) is 0 Å². The molecule has 2 N–H and O–H groups in total. The predicted molar refractivity (Wildman–Crippen MR) is 85.2 cm³/mol. The fourth-order valence-electron chi connectivity index (χ4n) is 2.84. The van der Waals surface area contributed by atoms with Crippen LogP contribution in [0.1, 0.15) is 30.6 Å². The van der Waals surface area contributed by atoms with E-state index >= 15 is 0 Å². The molecular weight excluding hydrogens is 306 g/mol. The van der Waals surface area contributed by atoms with Gasteiger partial charge in [0.25, 0.3) is 10.2 Å². The monoisotopic (exact) mass is 329 g/mol. The van der Waals surface area contributed by atoms with Crippen LogP contribution in [0.15, 0.2) is 17.5 Å². The highest BCUT2D eigenvalue weighted by molar-refractivity contribution is 7.86. The number of nitrogens with zero attached hydrogens (tertiary/aromatic N) is 2. The normalized spacial score (nSPS) is 22.0. The number of nitrogens with two attached hydrogens (primary N) is 1. The summed E-state index contributed by atoms with van der Waals surface area (Å²) < 4.78 is 29.2. The Hall–Kier alpha value is -0.470. The van der Waals surface area contributed by atoms with Gasteiger partial charge in [-0.1, -0.05) is 6.07 Å². The molecule has 0 bridgehead atoms. The van der Waals surface area contributed by atoms with Gasteiger partial charge in [-0.05, 0) is 49.6 Å². The molecule has 118 valence electrons. The predicted octanol–water partition coefficient (Wildman–Crippen LogP) is 1.63. The molecule has 1 aliphatic carbocycles. The smallest absolute Gasteiger partial charge is 0.282 e. The third-order valence-corrected chi connectivity index (χ3v) is 7.27. The van der Waals surface area contributed by atoms with Crippen LogP contribution < -0.4 is 5.73 Å². The summed E-state index contributed by atoms with van der Waals surface area (Å²) >= 11 is 1.62. The minimum absolute atomic E-state index is 0.198. The summed E-state index contributed by atoms with van der Waals surface area (Å²) in [5, 5.41) is 2.00. The third-order valence-electron chi connectivity index (χ3n) is 4.38. The molecule has 0 aromatic carbocycles. The maximum Gasteiger partial charge on any atom is 0.282 e. The Morgan fingerprint density at radius 1 is 1.29 bits per heavy atom. The standard InChI is InChI=1S/C14H23N3O2S2/c15-10-12-5-7-16(8-6-12)21(18,19)17(13-3-4-13)11-14-2-1-9-20-14/h1-2,9,12-13H,3-8,10-11,15H2. The lowest BCUT2D eigenvalue weighted by molar-refractivity contribution is 0.254. The van der Waals surface area contributed by atoms with Crippen molar-refractivity contribution in [3.8, 4) is 0 Å². The molecule has 2 heterocycles. The van der Waals surface area contributed by atoms with E-state index in [0.29, 0.717) is 32.1 Å². The molecule has 2 aliphatic rings. The second kappa shape index (κ2) is 6.34. The Morgan fingerprint density at radius 3 is 2.52 bits per heavy atom. The Bertz CT molecular complexity index is 547. The van der Waals surface area contributed by atoms with Gasteiger partial charge < -0.3 is 5.73 Å². The summed E-state index contributed by atoms with van der Waals surface area (Å²) in [6, 6.07) is 4.19. The molecule has 1 aliphatic heterocycles. The van der Waals surface area contributed by atoms with Crippen LogP contribution in [0.5, 0.6) is 0 Å². The Balaban J connectivity index is 1.72. The molecule has 1 aromatic rings. The second-order valence-corrected chi connectivity index (χ2v) is 8.85. The van der Waals surface area contributed by atoms with Gasteiger partial charge in [0.05, 0.1) is 0 Å². The van der Waals surface area contributed by atoms with Crippen molar-refractivity contribution in [2.45, 2.75) is 38.3 Å². The second-order valence-electron chi connectivity index (χ2n) is 5.94. The van der Waals surface area contributed by atoms with E-state index in [9.17, 15) is 8.42 Å². The van der Waals surface area contributed by atoms with Crippen LogP contribution in [0.25, 0.3) is 0 Å². The van der Waals surface area contributed by atoms with Crippen molar-refractivity contribution in [3.63, 3.8) is 0 Å². The number of piperidine rings is 1. The zero-order valence-corrected chi connectivity index (χ0v) is 13.8. The van der Waals surface area contributed by atoms with Crippen molar-refractivity contribution in [1.82, 2.24) is 8.61 Å². The number of rotatable bonds is 6. The van der Waals surface area contributed by atoms with Crippen molar-refractivity contribution in [2.24, 2.45) is 11.7 Å². The third kappa shape index (κ3) is 3.48. The quantitative estimate of drug-likeness (QED) is 0.862. The molecule has 2 fully saturated rings. The average molecular weight is 329 g/mol. The first-order valence-corrected chi connectivity index (χ1v) is 9.88. The first-order valence-electron chi connectivity index (χ1n) is 7.60. The number of thiophene rings is 1. The van der Waals surface area contributed by atoms with Gasteiger partial charge in [0.2, 0.25) is 0 Å². The summed E-state index contributed by atoms with van der Waals surface area (Å²) in [7, 11) is -3.34. The molecule has 0 spiro atoms. The topological polar surface area (TPSA) is 66.6 Å². The molecule has 1 saturated carbocycles. The molecule has 5 nitrogen and oxygen atoms in total. The van der Waals surface area contributed by atoms with Crippen molar-refractivity contribution >= 4 is 21.5 Å². The van der Waals surface area contributed by atoms with E-state index in [-0.39, 0.29) is 6.04 Å². The Morgan fingerprint density at radius 2 is 2.00 bits per heavy atom. The molecular formula is C14H23N3O2S2. The molecule has 1 aromatic heterocycles. The summed E-state index contributed by atoms with van der Waals surface area (Å²) in [5.41, 5.74) is 5.69. The van der Waals surface area contributed by atoms with Gasteiger partial charge >= 0.3 is 0 Å². The molecule has 0 unspecified atom stereocenters. The van der Waals surface area contributed by atoms with E-state index < -0.39 is 10.2 Å². The number of hydrogen-bond acceptors (Lipinski definition) is 4. The van der Waals surface area contributed by atoms with Gasteiger partial charge in [0.15, 0.2) is 0 Å². The Kier molecular flexibility index (Phi) is 4.66. The lowest BCUT2D eigenvalue weighted by Gasteiger charge is -2.34. The van der Waals surface area contributed by atoms with Crippen LogP contribution in [0.3, 0.4) is 0 Å². The fraction of sp³-hybridized carbons (Fsp3) is 0.714. The SMILES string of the molecule is NCC1CCN(S(=O)(=O)N(Cc2cccs2)C2CC2)CC1. The van der Waals surface area contributed by atoms with Crippen LogP contribution in [-0.2, 0) is 16.8 Å². The summed E-state index contributed by atoms with van der Waals surface area (Å²) in [4.78, 5) is 1.11. The zero-order valence-electron chi connectivity index (χ0n) is 12.1. The minimum atomic E-state index is -3.34. The average Bonchev–Trinajstić information content (AvgIpc) is 3.20. The minimum Gasteiger partial charge on any atom is -0.330 e. The van der Waals surface area contributed by atoms with Crippen LogP contribution >= 0.6 is 11.3 Å². The van der Waals surface area contributed by atoms with E-state index in [1.165, 1.54) is 0 Å². The van der Waals surface area contributed by atoms with E-state index in [4.69, 9.17) is 5.73 Å². The maximum atomic E-state index is 12.9. The van der Waals surface area contributed by atoms with E-state index in [1.807, 2.05) is 17.5 Å². The van der Waals surface area contributed by atoms with Gasteiger partial charge in [0, 0.05) is 30.6 Å². The van der Waals surface area contributed by atoms with Crippen molar-refractivity contribution in [3.05, 3.63) is 22.4 Å². The zero-order chi connectivity index (χ0) is 14.9. The van der Waals surface area contributed by atoms with Crippen LogP contribution in [0.4, 0.5) is 0 Å². The Labute approximate surface area is 130 Å². The lowest BCUT2D eigenvalue weighted by atomic mass is 9.99. The van der Waals surface area contributed by atoms with Gasteiger partial charge in [-0.2, -0.15) is 17.0 Å². The van der Waals surface area contributed by atoms with Crippen molar-refractivity contribution in [2.75, 3.05) is 19.6 Å². The van der Waals surface area contributed by atoms with Gasteiger partial charge in [-0.3, -0.25) is 0 Å². The molecule has 0 atom stereocenters. The van der Waals surface area contributed by atoms with Crippen LogP contribution in [0, 0.1) is 5.92 Å². The van der Waals surface area contributed by atoms with E-state index in [2.05, 4.69) is 0 Å². The largest absolute Gasteiger partial charge is 0.330 e. The van der Waals surface area contributed by atoms with E-state index in [0.717, 1.165) is 30.6 Å². The fourth-order valence-corrected chi connectivity index (χ4v) is 5.48. The number of hydrogen-bond donors (Lipinski definition) is 1. The molecule has 3 rings (SSSR count). The first kappa shape index (κ1) is 15.4. The lowest BCUT2D eigenvalue weighted by Crippen LogP contribution is -2.48. The highest BCUT2D eigenvalue weighted by Crippen LogP contribution is 2.33. The van der Waals surface area contributed by atoms with Gasteiger partial charge in [0.1, 0.15) is 0 Å². The highest BCUT2D eigenvalue weighted by Gasteiger charge is 2.41. The van der Waals surface area contributed by atoms with E-state index in [1.54, 1.807) is 19.9 Å². The summed E-state index contributed by atoms with van der Waals surface area (Å²) in [5.74, 6) is 0.475. The van der Waals surface area contributed by atoms with Crippen LogP contribution in [-0.4, -0.2) is 42.7 Å². The molecule has 7 heteroatoms. The maximum absolute atomic E-state index is 12.9. The van der Waals surface area contributed by atoms with Crippen molar-refractivity contribution in [1.29, 1.82) is 0 Å². The molecule has 21 heavy (non-hydrogen) atoms.